The molecule has 0 saturated carbocycles. The van der Waals surface area contributed by atoms with Crippen LogP contribution in [0.4, 0.5) is 8.78 Å². The summed E-state index contributed by atoms with van der Waals surface area (Å²) in [6, 6.07) is 5.85. The SMILES string of the molecule is CC(C)(C)O.COc1c(F)cccc1C(=O)N1CCc2c(C)c(CC=O)c(-c3cc(F)c4c(c3C)CCCO4)c(C)c2C1. The first kappa shape index (κ1) is 32.1. The molecule has 43 heavy (non-hydrogen) atoms. The predicted octanol–water partition coefficient (Wildman–Crippen LogP) is 6.61. The molecule has 0 spiro atoms. The number of benzene rings is 3. The van der Waals surface area contributed by atoms with Gasteiger partial charge in [0, 0.05) is 25.1 Å². The number of rotatable bonds is 5. The minimum absolute atomic E-state index is 0.0689. The van der Waals surface area contributed by atoms with E-state index in [1.807, 2.05) is 20.8 Å². The van der Waals surface area contributed by atoms with Gasteiger partial charge in [-0.1, -0.05) is 6.07 Å². The Hall–Kier alpha value is -3.78. The van der Waals surface area contributed by atoms with Crippen LogP contribution in [0.1, 0.15) is 76.5 Å². The standard InChI is InChI=1S/C31H31F2NO4.C4H10O/c1-17-20-10-12-34(31(36)23-7-5-9-26(32)29(23)37-4)16-25(20)19(3)28(21(17)11-13-35)24-15-27(33)30-22(18(24)2)8-6-14-38-30;1-4(2,3)5/h5,7,9,13,15H,6,8,10-12,14,16H2,1-4H3;5H,1-3H3. The Morgan fingerprint density at radius 2 is 1.74 bits per heavy atom. The van der Waals surface area contributed by atoms with Crippen molar-refractivity contribution in [1.82, 2.24) is 4.90 Å². The predicted molar refractivity (Wildman–Crippen MR) is 163 cm³/mol. The molecule has 0 radical (unpaired) electrons. The van der Waals surface area contributed by atoms with Gasteiger partial charge in [-0.3, -0.25) is 4.79 Å². The molecule has 0 atom stereocenters. The van der Waals surface area contributed by atoms with Gasteiger partial charge in [0.25, 0.3) is 5.91 Å². The Bertz CT molecular complexity index is 1550. The molecule has 3 aromatic carbocycles. The van der Waals surface area contributed by atoms with Gasteiger partial charge < -0.3 is 24.3 Å². The van der Waals surface area contributed by atoms with Crippen LogP contribution in [-0.4, -0.2) is 48.1 Å². The zero-order chi connectivity index (χ0) is 31.6. The summed E-state index contributed by atoms with van der Waals surface area (Å²) in [5, 5.41) is 8.52. The van der Waals surface area contributed by atoms with Crippen LogP contribution < -0.4 is 9.47 Å². The Morgan fingerprint density at radius 1 is 1.05 bits per heavy atom. The van der Waals surface area contributed by atoms with Crippen LogP contribution in [-0.2, 0) is 30.6 Å². The summed E-state index contributed by atoms with van der Waals surface area (Å²) >= 11 is 0. The van der Waals surface area contributed by atoms with E-state index in [2.05, 4.69) is 0 Å². The number of amides is 1. The molecule has 0 unspecified atom stereocenters. The van der Waals surface area contributed by atoms with Crippen molar-refractivity contribution in [3.63, 3.8) is 0 Å². The lowest BCUT2D eigenvalue weighted by Crippen LogP contribution is -2.37. The van der Waals surface area contributed by atoms with Gasteiger partial charge in [-0.15, -0.1) is 0 Å². The molecular weight excluding hydrogens is 552 g/mol. The summed E-state index contributed by atoms with van der Waals surface area (Å²) < 4.78 is 40.4. The van der Waals surface area contributed by atoms with Crippen molar-refractivity contribution in [1.29, 1.82) is 0 Å². The third kappa shape index (κ3) is 6.59. The van der Waals surface area contributed by atoms with Crippen LogP contribution in [0.2, 0.25) is 0 Å². The average molecular weight is 594 g/mol. The number of fused-ring (bicyclic) bond motifs is 2. The highest BCUT2D eigenvalue weighted by Gasteiger charge is 2.31. The molecule has 230 valence electrons. The Balaban J connectivity index is 0.000000782. The Kier molecular flexibility index (Phi) is 9.60. The van der Waals surface area contributed by atoms with E-state index in [9.17, 15) is 14.0 Å². The highest BCUT2D eigenvalue weighted by Crippen LogP contribution is 2.43. The highest BCUT2D eigenvalue weighted by atomic mass is 19.1. The second-order valence-corrected chi connectivity index (χ2v) is 12.2. The molecule has 1 amide bonds. The zero-order valence-corrected chi connectivity index (χ0v) is 26.1. The van der Waals surface area contributed by atoms with Crippen LogP contribution in [0.3, 0.4) is 0 Å². The first-order valence-electron chi connectivity index (χ1n) is 14.6. The van der Waals surface area contributed by atoms with E-state index >= 15 is 4.39 Å². The van der Waals surface area contributed by atoms with Gasteiger partial charge in [0.05, 0.1) is 24.9 Å². The summed E-state index contributed by atoms with van der Waals surface area (Å²) in [6.45, 7) is 12.5. The topological polar surface area (TPSA) is 76.1 Å². The first-order chi connectivity index (χ1) is 20.3. The van der Waals surface area contributed by atoms with E-state index < -0.39 is 17.2 Å². The second-order valence-electron chi connectivity index (χ2n) is 12.2. The molecular formula is C35H41F2NO5. The van der Waals surface area contributed by atoms with Crippen LogP contribution in [0.15, 0.2) is 24.3 Å². The molecule has 0 saturated heterocycles. The number of carbonyl (C=O) groups excluding carboxylic acids is 2. The van der Waals surface area contributed by atoms with Crippen molar-refractivity contribution in [2.24, 2.45) is 0 Å². The zero-order valence-electron chi connectivity index (χ0n) is 26.1. The first-order valence-corrected chi connectivity index (χ1v) is 14.6. The molecule has 6 nitrogen and oxygen atoms in total. The summed E-state index contributed by atoms with van der Waals surface area (Å²) in [5.41, 5.74) is 7.99. The molecule has 1 N–H and O–H groups in total. The van der Waals surface area contributed by atoms with Gasteiger partial charge in [0.1, 0.15) is 6.29 Å². The minimum atomic E-state index is -0.586. The van der Waals surface area contributed by atoms with Crippen molar-refractivity contribution in [2.75, 3.05) is 20.3 Å². The Labute approximate surface area is 252 Å². The lowest BCUT2D eigenvalue weighted by molar-refractivity contribution is -0.107. The summed E-state index contributed by atoms with van der Waals surface area (Å²) in [5.74, 6) is -1.04. The Morgan fingerprint density at radius 3 is 2.40 bits per heavy atom. The molecule has 0 aromatic heterocycles. The number of aliphatic hydroxyl groups is 1. The molecule has 0 fully saturated rings. The van der Waals surface area contributed by atoms with Crippen LogP contribution in [0, 0.1) is 32.4 Å². The fourth-order valence-corrected chi connectivity index (χ4v) is 6.12. The highest BCUT2D eigenvalue weighted by molar-refractivity contribution is 5.97. The van der Waals surface area contributed by atoms with E-state index in [0.29, 0.717) is 31.9 Å². The van der Waals surface area contributed by atoms with Crippen molar-refractivity contribution in [2.45, 2.75) is 79.4 Å². The van der Waals surface area contributed by atoms with Gasteiger partial charge in [0.2, 0.25) is 0 Å². The van der Waals surface area contributed by atoms with Crippen LogP contribution >= 0.6 is 0 Å². The molecule has 8 heteroatoms. The maximum absolute atomic E-state index is 15.3. The molecule has 2 aliphatic heterocycles. The average Bonchev–Trinajstić information content (AvgIpc) is 2.96. The smallest absolute Gasteiger partial charge is 0.258 e. The number of halogens is 2. The lowest BCUT2D eigenvalue weighted by Gasteiger charge is -2.34. The molecule has 0 bridgehead atoms. The second kappa shape index (κ2) is 12.8. The van der Waals surface area contributed by atoms with Crippen molar-refractivity contribution < 1.29 is 33.0 Å². The molecule has 2 heterocycles. The van der Waals surface area contributed by atoms with Crippen molar-refractivity contribution in [3.8, 4) is 22.6 Å². The van der Waals surface area contributed by atoms with Crippen LogP contribution in [0.5, 0.6) is 11.5 Å². The molecule has 3 aromatic rings. The molecule has 5 rings (SSSR count). The summed E-state index contributed by atoms with van der Waals surface area (Å²) in [4.78, 5) is 27.0. The van der Waals surface area contributed by atoms with Gasteiger partial charge >= 0.3 is 0 Å². The number of nitrogens with zero attached hydrogens (tertiary/aromatic N) is 1. The van der Waals surface area contributed by atoms with Gasteiger partial charge in [-0.05, 0) is 124 Å². The maximum Gasteiger partial charge on any atom is 0.258 e. The number of ether oxygens (including phenoxy) is 2. The molecule has 0 aliphatic carbocycles. The molecule has 2 aliphatic rings. The normalized spacial score (nSPS) is 14.1. The number of aldehydes is 1. The minimum Gasteiger partial charge on any atom is -0.493 e. The third-order valence-corrected chi connectivity index (χ3v) is 8.06. The number of hydrogen-bond acceptors (Lipinski definition) is 5. The number of hydrogen-bond donors (Lipinski definition) is 1. The number of methoxy groups -OCH3 is 1. The van der Waals surface area contributed by atoms with Gasteiger partial charge in [-0.2, -0.15) is 0 Å². The van der Waals surface area contributed by atoms with Crippen LogP contribution in [0.25, 0.3) is 11.1 Å². The maximum atomic E-state index is 15.3. The van der Waals surface area contributed by atoms with E-state index in [-0.39, 0.29) is 23.6 Å². The number of para-hydroxylation sites is 1. The third-order valence-electron chi connectivity index (χ3n) is 8.06. The van der Waals surface area contributed by atoms with E-state index in [0.717, 1.165) is 69.2 Å². The fraction of sp³-hybridized carbons (Fsp3) is 0.429. The largest absolute Gasteiger partial charge is 0.493 e. The number of carbonyl (C=O) groups is 2. The van der Waals surface area contributed by atoms with E-state index in [1.165, 1.54) is 25.3 Å². The summed E-state index contributed by atoms with van der Waals surface area (Å²) in [6.07, 6.45) is 3.26. The van der Waals surface area contributed by atoms with E-state index in [4.69, 9.17) is 14.6 Å². The quantitative estimate of drug-likeness (QED) is 0.337. The van der Waals surface area contributed by atoms with Crippen molar-refractivity contribution in [3.05, 3.63) is 80.4 Å². The van der Waals surface area contributed by atoms with Gasteiger partial charge in [0.15, 0.2) is 23.1 Å². The lowest BCUT2D eigenvalue weighted by atomic mass is 9.79. The van der Waals surface area contributed by atoms with E-state index in [1.54, 1.807) is 31.7 Å². The fourth-order valence-electron chi connectivity index (χ4n) is 6.12. The summed E-state index contributed by atoms with van der Waals surface area (Å²) in [7, 11) is 1.35. The monoisotopic (exact) mass is 593 g/mol. The van der Waals surface area contributed by atoms with Crippen molar-refractivity contribution >= 4 is 12.2 Å². The van der Waals surface area contributed by atoms with Gasteiger partial charge in [-0.25, -0.2) is 8.78 Å².